The Kier molecular flexibility index (Phi) is 7.64. The molecule has 2 fully saturated rings. The summed E-state index contributed by atoms with van der Waals surface area (Å²) in [5, 5.41) is 0.775. The van der Waals surface area contributed by atoms with Crippen LogP contribution in [0.15, 0.2) is 41.3 Å². The van der Waals surface area contributed by atoms with Crippen LogP contribution in [0.4, 0.5) is 0 Å². The maximum absolute atomic E-state index is 13.2. The highest BCUT2D eigenvalue weighted by molar-refractivity contribution is 9.10. The van der Waals surface area contributed by atoms with Gasteiger partial charge in [-0.25, -0.2) is 0 Å². The van der Waals surface area contributed by atoms with Crippen molar-refractivity contribution in [3.8, 4) is 0 Å². The van der Waals surface area contributed by atoms with E-state index in [9.17, 15) is 4.79 Å². The number of rotatable bonds is 4. The normalized spacial score (nSPS) is 21.0. The van der Waals surface area contributed by atoms with Gasteiger partial charge in [0.1, 0.15) is 0 Å². The van der Waals surface area contributed by atoms with E-state index >= 15 is 0 Å². The number of pyridine rings is 1. The van der Waals surface area contributed by atoms with Crippen LogP contribution in [0, 0.1) is 18.8 Å². The Balaban J connectivity index is 1.31. The summed E-state index contributed by atoms with van der Waals surface area (Å²) in [5.74, 6) is 2.05. The van der Waals surface area contributed by atoms with Crippen LogP contribution in [0.2, 0.25) is 5.02 Å². The minimum absolute atomic E-state index is 0.218. The largest absolute Gasteiger partial charge is 0.386 e. The van der Waals surface area contributed by atoms with E-state index in [1.807, 2.05) is 12.3 Å². The number of likely N-dealkylation sites (tertiary alicyclic amines) is 2. The summed E-state index contributed by atoms with van der Waals surface area (Å²) < 4.78 is 1.08. The molecule has 5 nitrogen and oxygen atoms in total. The number of piperidine rings is 2. The van der Waals surface area contributed by atoms with Crippen LogP contribution in [0.3, 0.4) is 0 Å². The number of aryl methyl sites for hydroxylation is 3. The van der Waals surface area contributed by atoms with E-state index in [1.165, 1.54) is 27.9 Å². The van der Waals surface area contributed by atoms with Crippen molar-refractivity contribution in [3.63, 3.8) is 0 Å². The van der Waals surface area contributed by atoms with Crippen LogP contribution in [0.5, 0.6) is 0 Å². The Morgan fingerprint density at radius 2 is 1.75 bits per heavy atom. The van der Waals surface area contributed by atoms with E-state index in [-0.39, 0.29) is 5.92 Å². The third kappa shape index (κ3) is 5.31. The second-order valence-corrected chi connectivity index (χ2v) is 12.1. The van der Waals surface area contributed by atoms with Crippen LogP contribution in [-0.4, -0.2) is 46.9 Å². The molecule has 0 saturated carbocycles. The van der Waals surface area contributed by atoms with E-state index in [0.717, 1.165) is 74.2 Å². The Hall–Kier alpha value is -2.05. The SMILES string of the molecule is C=C(N)N1CCC(CC(=O)N2CCC([C@H]3c4ncc(C)cc4CCc4cc(Cl)cc(Br)c43)CC2)CC1. The van der Waals surface area contributed by atoms with E-state index in [0.29, 0.717) is 30.0 Å². The topological polar surface area (TPSA) is 62.5 Å². The molecule has 5 rings (SSSR count). The van der Waals surface area contributed by atoms with Gasteiger partial charge >= 0.3 is 0 Å². The highest BCUT2D eigenvalue weighted by Gasteiger charge is 2.36. The zero-order chi connectivity index (χ0) is 25.4. The number of aromatic nitrogens is 1. The van der Waals surface area contributed by atoms with Crippen LogP contribution in [0.1, 0.15) is 66.0 Å². The second kappa shape index (κ2) is 10.7. The molecule has 1 atom stereocenters. The molecule has 1 aromatic carbocycles. The fourth-order valence-electron chi connectivity index (χ4n) is 6.46. The molecule has 1 aromatic heterocycles. The van der Waals surface area contributed by atoms with Crippen molar-refractivity contribution in [2.75, 3.05) is 26.2 Å². The van der Waals surface area contributed by atoms with E-state index in [4.69, 9.17) is 22.3 Å². The molecule has 2 aromatic rings. The van der Waals surface area contributed by atoms with Crippen molar-refractivity contribution in [3.05, 3.63) is 74.2 Å². The molecule has 192 valence electrons. The minimum Gasteiger partial charge on any atom is -0.386 e. The standard InChI is InChI=1S/C29H36BrClN4O/c1-18-13-23-4-3-22-15-24(31)16-25(30)27(22)28(29(23)33-17-18)21-7-11-35(12-8-21)26(36)14-20-5-9-34(10-6-20)19(2)32/h13,15-17,20-21,28H,2-12,14,32H2,1H3/t28-/m1/s1. The molecule has 0 spiro atoms. The van der Waals surface area contributed by atoms with Crippen LogP contribution in [0.25, 0.3) is 0 Å². The van der Waals surface area contributed by atoms with Gasteiger partial charge in [0.2, 0.25) is 5.91 Å². The van der Waals surface area contributed by atoms with Crippen LogP contribution in [-0.2, 0) is 17.6 Å². The van der Waals surface area contributed by atoms with Crippen molar-refractivity contribution in [2.24, 2.45) is 17.6 Å². The quantitative estimate of drug-likeness (QED) is 0.503. The number of fused-ring (bicyclic) bond motifs is 2. The van der Waals surface area contributed by atoms with E-state index in [2.05, 4.69) is 51.4 Å². The Labute approximate surface area is 228 Å². The van der Waals surface area contributed by atoms with Gasteiger partial charge in [0.25, 0.3) is 0 Å². The Bertz CT molecular complexity index is 1150. The molecule has 0 radical (unpaired) electrons. The molecule has 0 unspecified atom stereocenters. The number of nitrogens with two attached hydrogens (primary N) is 1. The van der Waals surface area contributed by atoms with Gasteiger partial charge in [-0.3, -0.25) is 9.78 Å². The number of carbonyl (C=O) groups is 1. The zero-order valence-electron chi connectivity index (χ0n) is 21.1. The van der Waals surface area contributed by atoms with Crippen molar-refractivity contribution < 1.29 is 4.79 Å². The molecule has 7 heteroatoms. The lowest BCUT2D eigenvalue weighted by atomic mass is 9.76. The number of halogens is 2. The van der Waals surface area contributed by atoms with Crippen LogP contribution < -0.4 is 5.73 Å². The molecule has 1 aliphatic carbocycles. The first-order valence-electron chi connectivity index (χ1n) is 13.2. The van der Waals surface area contributed by atoms with Gasteiger partial charge in [0, 0.05) is 54.2 Å². The average molecular weight is 572 g/mol. The van der Waals surface area contributed by atoms with Crippen molar-refractivity contribution >= 4 is 33.4 Å². The lowest BCUT2D eigenvalue weighted by Gasteiger charge is -2.38. The number of hydrogen-bond acceptors (Lipinski definition) is 4. The maximum atomic E-state index is 13.2. The molecular formula is C29H36BrClN4O. The highest BCUT2D eigenvalue weighted by atomic mass is 79.9. The third-order valence-corrected chi connectivity index (χ3v) is 9.31. The summed E-state index contributed by atoms with van der Waals surface area (Å²) in [4.78, 5) is 22.4. The Morgan fingerprint density at radius 3 is 2.44 bits per heavy atom. The highest BCUT2D eigenvalue weighted by Crippen LogP contribution is 2.46. The molecule has 2 saturated heterocycles. The summed E-state index contributed by atoms with van der Waals surface area (Å²) in [6, 6.07) is 6.47. The van der Waals surface area contributed by atoms with Gasteiger partial charge in [-0.2, -0.15) is 0 Å². The van der Waals surface area contributed by atoms with Gasteiger partial charge in [-0.1, -0.05) is 40.2 Å². The summed E-state index contributed by atoms with van der Waals surface area (Å²) in [6.07, 6.45) is 8.60. The number of hydrogen-bond donors (Lipinski definition) is 1. The summed E-state index contributed by atoms with van der Waals surface area (Å²) in [7, 11) is 0. The predicted molar refractivity (Wildman–Crippen MR) is 149 cm³/mol. The van der Waals surface area contributed by atoms with Crippen molar-refractivity contribution in [1.82, 2.24) is 14.8 Å². The first-order chi connectivity index (χ1) is 17.3. The second-order valence-electron chi connectivity index (χ2n) is 10.8. The molecule has 36 heavy (non-hydrogen) atoms. The lowest BCUT2D eigenvalue weighted by Crippen LogP contribution is -2.42. The fourth-order valence-corrected chi connectivity index (χ4v) is 7.58. The molecule has 1 amide bonds. The number of amides is 1. The van der Waals surface area contributed by atoms with Gasteiger partial charge in [-0.05, 0) is 91.7 Å². The molecule has 3 aliphatic rings. The molecule has 3 heterocycles. The first kappa shape index (κ1) is 25.6. The number of nitrogens with zero attached hydrogens (tertiary/aromatic N) is 3. The molecule has 2 N–H and O–H groups in total. The van der Waals surface area contributed by atoms with Crippen molar-refractivity contribution in [2.45, 2.75) is 57.8 Å². The fraction of sp³-hybridized carbons (Fsp3) is 0.517. The van der Waals surface area contributed by atoms with Gasteiger partial charge in [-0.15, -0.1) is 0 Å². The number of carbonyl (C=O) groups excluding carboxylic acids is 1. The van der Waals surface area contributed by atoms with Crippen LogP contribution >= 0.6 is 27.5 Å². The predicted octanol–water partition coefficient (Wildman–Crippen LogP) is 5.81. The van der Waals surface area contributed by atoms with Crippen molar-refractivity contribution in [1.29, 1.82) is 0 Å². The number of benzene rings is 1. The smallest absolute Gasteiger partial charge is 0.222 e. The molecular weight excluding hydrogens is 536 g/mol. The van der Waals surface area contributed by atoms with Gasteiger partial charge < -0.3 is 15.5 Å². The average Bonchev–Trinajstić information content (AvgIpc) is 3.01. The van der Waals surface area contributed by atoms with E-state index < -0.39 is 0 Å². The van der Waals surface area contributed by atoms with E-state index in [1.54, 1.807) is 0 Å². The minimum atomic E-state index is 0.218. The van der Waals surface area contributed by atoms with Gasteiger partial charge in [0.05, 0.1) is 11.5 Å². The lowest BCUT2D eigenvalue weighted by molar-refractivity contribution is -0.134. The summed E-state index contributed by atoms with van der Waals surface area (Å²) in [6.45, 7) is 9.41. The molecule has 0 bridgehead atoms. The summed E-state index contributed by atoms with van der Waals surface area (Å²) in [5.41, 5.74) is 12.3. The van der Waals surface area contributed by atoms with Gasteiger partial charge in [0.15, 0.2) is 0 Å². The Morgan fingerprint density at radius 1 is 1.08 bits per heavy atom. The first-order valence-corrected chi connectivity index (χ1v) is 14.4. The monoisotopic (exact) mass is 570 g/mol. The summed E-state index contributed by atoms with van der Waals surface area (Å²) >= 11 is 10.3. The molecule has 2 aliphatic heterocycles. The zero-order valence-corrected chi connectivity index (χ0v) is 23.5. The third-order valence-electron chi connectivity index (χ3n) is 8.44. The maximum Gasteiger partial charge on any atom is 0.222 e.